The maximum atomic E-state index is 12.2. The molecule has 0 aromatic heterocycles. The topological polar surface area (TPSA) is 93.7 Å². The van der Waals surface area contributed by atoms with Gasteiger partial charge in [-0.15, -0.1) is 0 Å². The lowest BCUT2D eigenvalue weighted by atomic mass is 10.1. The molecule has 2 aromatic carbocycles. The molecule has 0 aliphatic heterocycles. The van der Waals surface area contributed by atoms with E-state index in [-0.39, 0.29) is 12.5 Å². The van der Waals surface area contributed by atoms with Crippen LogP contribution in [0.15, 0.2) is 48.5 Å². The number of esters is 1. The number of hydrogen-bond donors (Lipinski definition) is 2. The summed E-state index contributed by atoms with van der Waals surface area (Å²) in [7, 11) is 1.49. The van der Waals surface area contributed by atoms with Gasteiger partial charge in [0, 0.05) is 5.56 Å². The quantitative estimate of drug-likeness (QED) is 0.730. The van der Waals surface area contributed by atoms with E-state index in [4.69, 9.17) is 9.47 Å². The van der Waals surface area contributed by atoms with Crippen LogP contribution in [-0.4, -0.2) is 37.5 Å². The van der Waals surface area contributed by atoms with Gasteiger partial charge in [-0.05, 0) is 38.1 Å². The van der Waals surface area contributed by atoms with Crippen LogP contribution in [0, 0.1) is 6.92 Å². The fraction of sp³-hybridized carbons (Fsp3) is 0.250. The van der Waals surface area contributed by atoms with Crippen molar-refractivity contribution in [1.82, 2.24) is 5.32 Å². The van der Waals surface area contributed by atoms with Crippen molar-refractivity contribution >= 4 is 23.5 Å². The Morgan fingerprint density at radius 3 is 2.52 bits per heavy atom. The highest BCUT2D eigenvalue weighted by Crippen LogP contribution is 2.23. The number of carbonyl (C=O) groups is 3. The van der Waals surface area contributed by atoms with Crippen molar-refractivity contribution < 1.29 is 23.9 Å². The minimum Gasteiger partial charge on any atom is -0.495 e. The molecule has 7 heteroatoms. The molecule has 0 fully saturated rings. The Morgan fingerprint density at radius 2 is 1.81 bits per heavy atom. The first kappa shape index (κ1) is 20.0. The molecule has 0 radical (unpaired) electrons. The lowest BCUT2D eigenvalue weighted by molar-refractivity contribution is -0.152. The molecule has 142 valence electrons. The summed E-state index contributed by atoms with van der Waals surface area (Å²) in [6, 6.07) is 13.9. The summed E-state index contributed by atoms with van der Waals surface area (Å²) in [5, 5.41) is 5.11. The number of nitrogens with one attached hydrogen (secondary N) is 2. The van der Waals surface area contributed by atoms with Gasteiger partial charge in [0.25, 0.3) is 11.8 Å². The summed E-state index contributed by atoms with van der Waals surface area (Å²) < 4.78 is 10.2. The smallest absolute Gasteiger partial charge is 0.326 e. The Balaban J connectivity index is 1.84. The Bertz CT molecular complexity index is 835. The van der Waals surface area contributed by atoms with Gasteiger partial charge in [-0.3, -0.25) is 14.4 Å². The number of amides is 2. The Labute approximate surface area is 157 Å². The minimum absolute atomic E-state index is 0.334. The van der Waals surface area contributed by atoms with Crippen molar-refractivity contribution in [2.75, 3.05) is 19.0 Å². The van der Waals surface area contributed by atoms with Gasteiger partial charge >= 0.3 is 5.97 Å². The van der Waals surface area contributed by atoms with E-state index in [1.807, 2.05) is 13.0 Å². The van der Waals surface area contributed by atoms with E-state index in [0.29, 0.717) is 17.0 Å². The first-order chi connectivity index (χ1) is 12.9. The second kappa shape index (κ2) is 9.38. The molecule has 0 spiro atoms. The summed E-state index contributed by atoms with van der Waals surface area (Å²) in [6.45, 7) is 2.98. The van der Waals surface area contributed by atoms with Crippen LogP contribution >= 0.6 is 0 Å². The van der Waals surface area contributed by atoms with E-state index in [9.17, 15) is 14.4 Å². The van der Waals surface area contributed by atoms with Gasteiger partial charge in [0.15, 0.2) is 6.10 Å². The number of hydrogen-bond acceptors (Lipinski definition) is 5. The molecule has 2 N–H and O–H groups in total. The molecule has 2 aromatic rings. The molecule has 7 nitrogen and oxygen atoms in total. The highest BCUT2D eigenvalue weighted by atomic mass is 16.5. The molecule has 0 bridgehead atoms. The Kier molecular flexibility index (Phi) is 6.93. The number of methoxy groups -OCH3 is 1. The van der Waals surface area contributed by atoms with E-state index in [2.05, 4.69) is 10.6 Å². The van der Waals surface area contributed by atoms with E-state index in [1.54, 1.807) is 42.5 Å². The van der Waals surface area contributed by atoms with E-state index < -0.39 is 18.0 Å². The van der Waals surface area contributed by atoms with Crippen molar-refractivity contribution in [3.63, 3.8) is 0 Å². The van der Waals surface area contributed by atoms with Gasteiger partial charge in [0.1, 0.15) is 12.3 Å². The second-order valence-corrected chi connectivity index (χ2v) is 5.87. The van der Waals surface area contributed by atoms with Gasteiger partial charge < -0.3 is 20.1 Å². The summed E-state index contributed by atoms with van der Waals surface area (Å²) in [6.07, 6.45) is -1.03. The molecule has 2 amide bonds. The normalized spacial score (nSPS) is 11.2. The standard InChI is InChI=1S/C20H22N2O5/c1-13-7-6-8-15(11-13)20(25)21-12-18(23)27-14(2)19(24)22-16-9-4-5-10-17(16)26-3/h4-11,14H,12H2,1-3H3,(H,21,25)(H,22,24). The Morgan fingerprint density at radius 1 is 1.07 bits per heavy atom. The average molecular weight is 370 g/mol. The van der Waals surface area contributed by atoms with Crippen molar-refractivity contribution in [2.45, 2.75) is 20.0 Å². The molecule has 1 atom stereocenters. The van der Waals surface area contributed by atoms with Gasteiger partial charge in [-0.25, -0.2) is 0 Å². The van der Waals surface area contributed by atoms with Crippen LogP contribution in [0.3, 0.4) is 0 Å². The van der Waals surface area contributed by atoms with Crippen LogP contribution in [0.25, 0.3) is 0 Å². The van der Waals surface area contributed by atoms with Gasteiger partial charge in [0.05, 0.1) is 12.8 Å². The van der Waals surface area contributed by atoms with Crippen LogP contribution in [0.1, 0.15) is 22.8 Å². The maximum absolute atomic E-state index is 12.2. The highest BCUT2D eigenvalue weighted by Gasteiger charge is 2.19. The summed E-state index contributed by atoms with van der Waals surface area (Å²) in [5.41, 5.74) is 1.86. The van der Waals surface area contributed by atoms with Gasteiger partial charge in [0.2, 0.25) is 0 Å². The van der Waals surface area contributed by atoms with Crippen LogP contribution in [0.4, 0.5) is 5.69 Å². The fourth-order valence-electron chi connectivity index (χ4n) is 2.32. The molecule has 0 heterocycles. The van der Waals surface area contributed by atoms with Crippen molar-refractivity contribution in [2.24, 2.45) is 0 Å². The first-order valence-corrected chi connectivity index (χ1v) is 8.39. The zero-order valence-corrected chi connectivity index (χ0v) is 15.4. The molecular formula is C20H22N2O5. The predicted molar refractivity (Wildman–Crippen MR) is 101 cm³/mol. The maximum Gasteiger partial charge on any atom is 0.326 e. The van der Waals surface area contributed by atoms with Crippen LogP contribution < -0.4 is 15.4 Å². The molecule has 0 aliphatic carbocycles. The number of para-hydroxylation sites is 2. The lowest BCUT2D eigenvalue weighted by Crippen LogP contribution is -2.35. The average Bonchev–Trinajstić information content (AvgIpc) is 2.66. The second-order valence-electron chi connectivity index (χ2n) is 5.87. The summed E-state index contributed by atoms with van der Waals surface area (Å²) in [4.78, 5) is 36.1. The number of rotatable bonds is 7. The highest BCUT2D eigenvalue weighted by molar-refractivity contribution is 5.98. The van der Waals surface area contributed by atoms with Crippen molar-refractivity contribution in [3.05, 3.63) is 59.7 Å². The first-order valence-electron chi connectivity index (χ1n) is 8.39. The van der Waals surface area contributed by atoms with Gasteiger partial charge in [-0.2, -0.15) is 0 Å². The monoisotopic (exact) mass is 370 g/mol. The molecule has 0 saturated carbocycles. The zero-order chi connectivity index (χ0) is 19.8. The molecule has 2 rings (SSSR count). The molecule has 1 unspecified atom stereocenters. The fourth-order valence-corrected chi connectivity index (χ4v) is 2.32. The molecule has 27 heavy (non-hydrogen) atoms. The summed E-state index contributed by atoms with van der Waals surface area (Å²) in [5.74, 6) is -1.10. The number of anilines is 1. The van der Waals surface area contributed by atoms with Crippen LogP contribution in [0.2, 0.25) is 0 Å². The largest absolute Gasteiger partial charge is 0.495 e. The van der Waals surface area contributed by atoms with E-state index in [0.717, 1.165) is 5.56 Å². The number of benzene rings is 2. The number of aryl methyl sites for hydroxylation is 1. The molecule has 0 saturated heterocycles. The zero-order valence-electron chi connectivity index (χ0n) is 15.4. The Hall–Kier alpha value is -3.35. The number of ether oxygens (including phenoxy) is 2. The van der Waals surface area contributed by atoms with Crippen LogP contribution in [-0.2, 0) is 14.3 Å². The third-order valence-corrected chi connectivity index (χ3v) is 3.72. The minimum atomic E-state index is -1.03. The molecular weight excluding hydrogens is 348 g/mol. The predicted octanol–water partition coefficient (Wildman–Crippen LogP) is 2.30. The van der Waals surface area contributed by atoms with Crippen molar-refractivity contribution in [3.8, 4) is 5.75 Å². The van der Waals surface area contributed by atoms with Crippen molar-refractivity contribution in [1.29, 1.82) is 0 Å². The van der Waals surface area contributed by atoms with Crippen LogP contribution in [0.5, 0.6) is 5.75 Å². The van der Waals surface area contributed by atoms with Gasteiger partial charge in [-0.1, -0.05) is 29.8 Å². The third kappa shape index (κ3) is 5.85. The summed E-state index contributed by atoms with van der Waals surface area (Å²) >= 11 is 0. The SMILES string of the molecule is COc1ccccc1NC(=O)C(C)OC(=O)CNC(=O)c1cccc(C)c1. The molecule has 0 aliphatic rings. The number of carbonyl (C=O) groups excluding carboxylic acids is 3. The van der Waals surface area contributed by atoms with E-state index >= 15 is 0 Å². The third-order valence-electron chi connectivity index (χ3n) is 3.72. The lowest BCUT2D eigenvalue weighted by Gasteiger charge is -2.15. The van der Waals surface area contributed by atoms with E-state index in [1.165, 1.54) is 14.0 Å².